The first-order valence-corrected chi connectivity index (χ1v) is 6.16. The molecule has 4 nitrogen and oxygen atoms in total. The minimum absolute atomic E-state index is 0.0519. The number of amides is 1. The Morgan fingerprint density at radius 2 is 2.00 bits per heavy atom. The standard InChI is InChI=1S/C14H18FNO3/c1-3-8-16(10-14(18)19-2)13(17)9-11-6-4-5-7-12(11)15/h4-7H,3,8-10H2,1-2H3. The van der Waals surface area contributed by atoms with Crippen molar-refractivity contribution in [3.63, 3.8) is 0 Å². The number of nitrogens with zero attached hydrogens (tertiary/aromatic N) is 1. The average Bonchev–Trinajstić information content (AvgIpc) is 2.40. The van der Waals surface area contributed by atoms with Crippen LogP contribution in [0.4, 0.5) is 4.39 Å². The SMILES string of the molecule is CCCN(CC(=O)OC)C(=O)Cc1ccccc1F. The molecule has 0 unspecified atom stereocenters. The molecule has 0 heterocycles. The molecule has 0 radical (unpaired) electrons. The molecule has 1 amide bonds. The zero-order valence-electron chi connectivity index (χ0n) is 11.2. The summed E-state index contributed by atoms with van der Waals surface area (Å²) in [6.45, 7) is 2.25. The normalized spacial score (nSPS) is 10.1. The van der Waals surface area contributed by atoms with E-state index >= 15 is 0 Å². The number of hydrogen-bond acceptors (Lipinski definition) is 3. The van der Waals surface area contributed by atoms with Crippen LogP contribution < -0.4 is 0 Å². The van der Waals surface area contributed by atoms with E-state index in [4.69, 9.17) is 0 Å². The van der Waals surface area contributed by atoms with Gasteiger partial charge in [0.15, 0.2) is 0 Å². The highest BCUT2D eigenvalue weighted by atomic mass is 19.1. The van der Waals surface area contributed by atoms with Gasteiger partial charge in [0.2, 0.25) is 5.91 Å². The third-order valence-electron chi connectivity index (χ3n) is 2.69. The van der Waals surface area contributed by atoms with E-state index < -0.39 is 11.8 Å². The molecular weight excluding hydrogens is 249 g/mol. The van der Waals surface area contributed by atoms with Crippen LogP contribution in [0.5, 0.6) is 0 Å². The first-order valence-electron chi connectivity index (χ1n) is 6.16. The lowest BCUT2D eigenvalue weighted by Gasteiger charge is -2.20. The molecule has 19 heavy (non-hydrogen) atoms. The second kappa shape index (κ2) is 7.51. The fourth-order valence-electron chi connectivity index (χ4n) is 1.70. The van der Waals surface area contributed by atoms with E-state index in [0.29, 0.717) is 12.1 Å². The number of hydrogen-bond donors (Lipinski definition) is 0. The molecule has 0 saturated carbocycles. The zero-order valence-corrected chi connectivity index (χ0v) is 11.2. The maximum Gasteiger partial charge on any atom is 0.325 e. The first-order chi connectivity index (χ1) is 9.08. The van der Waals surface area contributed by atoms with Gasteiger partial charge < -0.3 is 9.64 Å². The first kappa shape index (κ1) is 15.1. The van der Waals surface area contributed by atoms with Gasteiger partial charge in [-0.2, -0.15) is 0 Å². The molecule has 0 atom stereocenters. The maximum absolute atomic E-state index is 13.5. The van der Waals surface area contributed by atoms with Crippen LogP contribution in [0.3, 0.4) is 0 Å². The van der Waals surface area contributed by atoms with Crippen molar-refractivity contribution in [2.75, 3.05) is 20.2 Å². The van der Waals surface area contributed by atoms with E-state index in [0.717, 1.165) is 6.42 Å². The number of methoxy groups -OCH3 is 1. The molecule has 0 aromatic heterocycles. The van der Waals surface area contributed by atoms with Crippen LogP contribution in [0.1, 0.15) is 18.9 Å². The zero-order chi connectivity index (χ0) is 14.3. The molecule has 1 aromatic carbocycles. The topological polar surface area (TPSA) is 46.6 Å². The van der Waals surface area contributed by atoms with Gasteiger partial charge in [0, 0.05) is 6.54 Å². The number of benzene rings is 1. The van der Waals surface area contributed by atoms with E-state index in [1.807, 2.05) is 6.92 Å². The lowest BCUT2D eigenvalue weighted by molar-refractivity contribution is -0.146. The van der Waals surface area contributed by atoms with Gasteiger partial charge in [-0.25, -0.2) is 4.39 Å². The van der Waals surface area contributed by atoms with Gasteiger partial charge in [-0.05, 0) is 18.1 Å². The molecule has 1 rings (SSSR count). The quantitative estimate of drug-likeness (QED) is 0.738. The summed E-state index contributed by atoms with van der Waals surface area (Å²) in [6.07, 6.45) is 0.670. The van der Waals surface area contributed by atoms with Crippen molar-refractivity contribution in [2.24, 2.45) is 0 Å². The predicted octanol–water partition coefficient (Wildman–Crippen LogP) is 1.78. The Morgan fingerprint density at radius 1 is 1.32 bits per heavy atom. The van der Waals surface area contributed by atoms with E-state index in [1.54, 1.807) is 18.2 Å². The summed E-state index contributed by atoms with van der Waals surface area (Å²) >= 11 is 0. The number of carbonyl (C=O) groups excluding carboxylic acids is 2. The van der Waals surface area contributed by atoms with E-state index in [9.17, 15) is 14.0 Å². The molecule has 0 aliphatic rings. The summed E-state index contributed by atoms with van der Waals surface area (Å²) in [5.74, 6) is -1.17. The van der Waals surface area contributed by atoms with Gasteiger partial charge in [-0.15, -0.1) is 0 Å². The smallest absolute Gasteiger partial charge is 0.325 e. The highest BCUT2D eigenvalue weighted by Crippen LogP contribution is 2.09. The van der Waals surface area contributed by atoms with Crippen molar-refractivity contribution in [1.29, 1.82) is 0 Å². The van der Waals surface area contributed by atoms with Crippen LogP contribution in [-0.4, -0.2) is 37.0 Å². The molecule has 0 fully saturated rings. The third kappa shape index (κ3) is 4.69. The minimum atomic E-state index is -0.477. The van der Waals surface area contributed by atoms with Crippen LogP contribution in [0, 0.1) is 5.82 Å². The summed E-state index contributed by atoms with van der Waals surface area (Å²) in [4.78, 5) is 24.7. The Balaban J connectivity index is 2.72. The number of halogens is 1. The van der Waals surface area contributed by atoms with E-state index in [2.05, 4.69) is 4.74 Å². The molecule has 1 aromatic rings. The number of ether oxygens (including phenoxy) is 1. The van der Waals surface area contributed by atoms with Gasteiger partial charge in [-0.1, -0.05) is 25.1 Å². The van der Waals surface area contributed by atoms with Crippen LogP contribution >= 0.6 is 0 Å². The molecule has 0 bridgehead atoms. The number of rotatable bonds is 6. The molecule has 5 heteroatoms. The summed E-state index contributed by atoms with van der Waals surface area (Å²) in [7, 11) is 1.27. The van der Waals surface area contributed by atoms with Crippen molar-refractivity contribution in [3.8, 4) is 0 Å². The highest BCUT2D eigenvalue weighted by Gasteiger charge is 2.18. The van der Waals surface area contributed by atoms with Crippen LogP contribution in [0.25, 0.3) is 0 Å². The van der Waals surface area contributed by atoms with Gasteiger partial charge in [-0.3, -0.25) is 9.59 Å². The lowest BCUT2D eigenvalue weighted by atomic mass is 10.1. The summed E-state index contributed by atoms with van der Waals surface area (Å²) in [6, 6.07) is 6.13. The van der Waals surface area contributed by atoms with Gasteiger partial charge >= 0.3 is 5.97 Å². The number of esters is 1. The van der Waals surface area contributed by atoms with Crippen molar-refractivity contribution in [3.05, 3.63) is 35.6 Å². The molecule has 0 spiro atoms. The van der Waals surface area contributed by atoms with Crippen molar-refractivity contribution < 1.29 is 18.7 Å². The minimum Gasteiger partial charge on any atom is -0.468 e. The van der Waals surface area contributed by atoms with Crippen molar-refractivity contribution in [2.45, 2.75) is 19.8 Å². The summed E-state index contributed by atoms with van der Waals surface area (Å²) < 4.78 is 18.0. The molecule has 0 aliphatic heterocycles. The van der Waals surface area contributed by atoms with Gasteiger partial charge in [0.1, 0.15) is 12.4 Å². The lowest BCUT2D eigenvalue weighted by Crippen LogP contribution is -2.37. The molecule has 0 aliphatic carbocycles. The third-order valence-corrected chi connectivity index (χ3v) is 2.69. The highest BCUT2D eigenvalue weighted by molar-refractivity contribution is 5.83. The fraction of sp³-hybridized carbons (Fsp3) is 0.429. The predicted molar refractivity (Wildman–Crippen MR) is 69.0 cm³/mol. The Labute approximate surface area is 112 Å². The maximum atomic E-state index is 13.5. The van der Waals surface area contributed by atoms with E-state index in [-0.39, 0.29) is 18.9 Å². The Morgan fingerprint density at radius 3 is 2.58 bits per heavy atom. The largest absolute Gasteiger partial charge is 0.468 e. The Bertz CT molecular complexity index is 448. The summed E-state index contributed by atoms with van der Waals surface area (Å²) in [5.41, 5.74) is 0.332. The Hall–Kier alpha value is -1.91. The summed E-state index contributed by atoms with van der Waals surface area (Å²) in [5, 5.41) is 0. The fourth-order valence-corrected chi connectivity index (χ4v) is 1.70. The van der Waals surface area contributed by atoms with Crippen molar-refractivity contribution in [1.82, 2.24) is 4.90 Å². The second-order valence-electron chi connectivity index (χ2n) is 4.16. The molecule has 104 valence electrons. The second-order valence-corrected chi connectivity index (χ2v) is 4.16. The van der Waals surface area contributed by atoms with E-state index in [1.165, 1.54) is 18.1 Å². The van der Waals surface area contributed by atoms with Gasteiger partial charge in [0.05, 0.1) is 13.5 Å². The average molecular weight is 267 g/mol. The van der Waals surface area contributed by atoms with Crippen molar-refractivity contribution >= 4 is 11.9 Å². The molecule has 0 saturated heterocycles. The van der Waals surface area contributed by atoms with Crippen LogP contribution in [-0.2, 0) is 20.7 Å². The molecule has 0 N–H and O–H groups in total. The van der Waals surface area contributed by atoms with Crippen LogP contribution in [0.15, 0.2) is 24.3 Å². The molecular formula is C14H18FNO3. The Kier molecular flexibility index (Phi) is 5.99. The van der Waals surface area contributed by atoms with Gasteiger partial charge in [0.25, 0.3) is 0 Å². The van der Waals surface area contributed by atoms with Crippen LogP contribution in [0.2, 0.25) is 0 Å². The number of carbonyl (C=O) groups is 2. The monoisotopic (exact) mass is 267 g/mol.